The molecule has 0 unspecified atom stereocenters. The fraction of sp³-hybridized carbons (Fsp3) is 0.524. The number of aliphatic imine (C=N–C) groups is 1. The van der Waals surface area contributed by atoms with Gasteiger partial charge in [0, 0.05) is 52.2 Å². The third-order valence-electron chi connectivity index (χ3n) is 5.15. The predicted molar refractivity (Wildman–Crippen MR) is 137 cm³/mol. The van der Waals surface area contributed by atoms with Crippen molar-refractivity contribution >= 4 is 40.0 Å². The number of benzene rings is 1. The Kier molecular flexibility index (Phi) is 10.4. The molecule has 9 nitrogen and oxygen atoms in total. The van der Waals surface area contributed by atoms with Gasteiger partial charge in [-0.2, -0.15) is 4.31 Å². The zero-order chi connectivity index (χ0) is 22.3. The first-order valence-corrected chi connectivity index (χ1v) is 12.1. The van der Waals surface area contributed by atoms with Gasteiger partial charge < -0.3 is 19.5 Å². The highest BCUT2D eigenvalue weighted by atomic mass is 127. The molecule has 0 spiro atoms. The van der Waals surface area contributed by atoms with Gasteiger partial charge in [-0.3, -0.25) is 4.99 Å². The number of imidazole rings is 1. The van der Waals surface area contributed by atoms with E-state index in [0.29, 0.717) is 32.7 Å². The van der Waals surface area contributed by atoms with Gasteiger partial charge in [-0.05, 0) is 25.5 Å². The van der Waals surface area contributed by atoms with Gasteiger partial charge in [0.25, 0.3) is 0 Å². The quantitative estimate of drug-likeness (QED) is 0.294. The van der Waals surface area contributed by atoms with Crippen LogP contribution in [0.25, 0.3) is 5.69 Å². The van der Waals surface area contributed by atoms with Gasteiger partial charge >= 0.3 is 0 Å². The van der Waals surface area contributed by atoms with Crippen molar-refractivity contribution in [1.29, 1.82) is 0 Å². The summed E-state index contributed by atoms with van der Waals surface area (Å²) in [4.78, 5) is 10.6. The van der Waals surface area contributed by atoms with E-state index in [-0.39, 0.29) is 42.4 Å². The van der Waals surface area contributed by atoms with E-state index in [1.165, 1.54) is 0 Å². The van der Waals surface area contributed by atoms with Crippen molar-refractivity contribution in [2.75, 3.05) is 45.6 Å². The minimum atomic E-state index is -3.31. The number of sulfonamides is 1. The Bertz CT molecular complexity index is 958. The molecule has 2 heterocycles. The molecule has 1 fully saturated rings. The zero-order valence-corrected chi connectivity index (χ0v) is 22.0. The molecular weight excluding hydrogens is 543 g/mol. The first-order chi connectivity index (χ1) is 14.9. The van der Waals surface area contributed by atoms with Crippen LogP contribution in [0.5, 0.6) is 0 Å². The Labute approximate surface area is 207 Å². The van der Waals surface area contributed by atoms with Crippen LogP contribution in [-0.4, -0.2) is 84.8 Å². The number of halogens is 1. The Morgan fingerprint density at radius 2 is 1.94 bits per heavy atom. The normalized spacial score (nSPS) is 15.6. The van der Waals surface area contributed by atoms with E-state index in [4.69, 9.17) is 4.74 Å². The first-order valence-electron chi connectivity index (χ1n) is 10.5. The summed E-state index contributed by atoms with van der Waals surface area (Å²) >= 11 is 0. The standard InChI is InChI=1S/C21H32N6O3S.HI/c1-18(2)30-14-15-31(28,29)27-12-10-25(11-13-27)21(22-3)24-16-19-6-4-5-7-20(19)26-9-8-23-17-26;/h4-9,17-18H,10-16H2,1-3H3,(H,22,24);1H. The summed E-state index contributed by atoms with van der Waals surface area (Å²) < 4.78 is 34.0. The van der Waals surface area contributed by atoms with E-state index in [2.05, 4.69) is 26.3 Å². The second-order valence-corrected chi connectivity index (χ2v) is 9.71. The van der Waals surface area contributed by atoms with Crippen LogP contribution in [-0.2, 0) is 21.3 Å². The summed E-state index contributed by atoms with van der Waals surface area (Å²) in [6.45, 7) is 6.69. The number of nitrogens with zero attached hydrogens (tertiary/aromatic N) is 5. The van der Waals surface area contributed by atoms with E-state index >= 15 is 0 Å². The molecule has 0 aliphatic carbocycles. The van der Waals surface area contributed by atoms with Crippen LogP contribution >= 0.6 is 24.0 Å². The van der Waals surface area contributed by atoms with Gasteiger partial charge in [0.2, 0.25) is 10.0 Å². The zero-order valence-electron chi connectivity index (χ0n) is 18.8. The van der Waals surface area contributed by atoms with Crippen molar-refractivity contribution in [3.05, 3.63) is 48.5 Å². The third-order valence-corrected chi connectivity index (χ3v) is 6.98. The second kappa shape index (κ2) is 12.5. The molecule has 1 aliphatic heterocycles. The molecule has 1 saturated heterocycles. The molecule has 0 atom stereocenters. The van der Waals surface area contributed by atoms with Crippen LogP contribution in [0.4, 0.5) is 0 Å². The summed E-state index contributed by atoms with van der Waals surface area (Å²) in [7, 11) is -1.56. The second-order valence-electron chi connectivity index (χ2n) is 7.62. The molecule has 1 aromatic carbocycles. The first kappa shape index (κ1) is 26.6. The maximum absolute atomic E-state index is 12.5. The maximum Gasteiger partial charge on any atom is 0.216 e. The smallest absolute Gasteiger partial charge is 0.216 e. The lowest BCUT2D eigenvalue weighted by atomic mass is 10.1. The van der Waals surface area contributed by atoms with Crippen LogP contribution in [0.2, 0.25) is 0 Å². The molecule has 1 aliphatic rings. The van der Waals surface area contributed by atoms with Crippen molar-refractivity contribution in [2.45, 2.75) is 26.5 Å². The van der Waals surface area contributed by atoms with Gasteiger partial charge in [-0.1, -0.05) is 18.2 Å². The molecule has 178 valence electrons. The topological polar surface area (TPSA) is 92.1 Å². The summed E-state index contributed by atoms with van der Waals surface area (Å²) in [5.41, 5.74) is 2.18. The van der Waals surface area contributed by atoms with Crippen molar-refractivity contribution < 1.29 is 13.2 Å². The number of rotatable bonds is 8. The monoisotopic (exact) mass is 576 g/mol. The Hall–Kier alpha value is -1.70. The van der Waals surface area contributed by atoms with Crippen molar-refractivity contribution in [2.24, 2.45) is 4.99 Å². The number of guanidine groups is 1. The van der Waals surface area contributed by atoms with Gasteiger partial charge in [0.15, 0.2) is 5.96 Å². The van der Waals surface area contributed by atoms with E-state index < -0.39 is 10.0 Å². The highest BCUT2D eigenvalue weighted by Gasteiger charge is 2.28. The Morgan fingerprint density at radius 1 is 1.22 bits per heavy atom. The lowest BCUT2D eigenvalue weighted by molar-refractivity contribution is 0.0904. The van der Waals surface area contributed by atoms with Gasteiger partial charge in [-0.15, -0.1) is 24.0 Å². The van der Waals surface area contributed by atoms with Crippen molar-refractivity contribution in [3.63, 3.8) is 0 Å². The van der Waals surface area contributed by atoms with E-state index in [9.17, 15) is 8.42 Å². The minimum Gasteiger partial charge on any atom is -0.378 e. The third kappa shape index (κ3) is 7.15. The number of para-hydroxylation sites is 1. The molecule has 11 heteroatoms. The van der Waals surface area contributed by atoms with E-state index in [1.807, 2.05) is 42.8 Å². The largest absolute Gasteiger partial charge is 0.378 e. The predicted octanol–water partition coefficient (Wildman–Crippen LogP) is 1.94. The van der Waals surface area contributed by atoms with Crippen LogP contribution < -0.4 is 5.32 Å². The van der Waals surface area contributed by atoms with Crippen LogP contribution in [0, 0.1) is 0 Å². The Balaban J connectivity index is 0.00000363. The molecule has 0 saturated carbocycles. The van der Waals surface area contributed by atoms with Crippen LogP contribution in [0.3, 0.4) is 0 Å². The summed E-state index contributed by atoms with van der Waals surface area (Å²) in [5, 5.41) is 3.41. The number of aromatic nitrogens is 2. The number of piperazine rings is 1. The molecule has 2 aromatic rings. The lowest BCUT2D eigenvalue weighted by Crippen LogP contribution is -2.54. The molecule has 1 N–H and O–H groups in total. The average Bonchev–Trinajstić information content (AvgIpc) is 3.29. The summed E-state index contributed by atoms with van der Waals surface area (Å²) in [6, 6.07) is 8.12. The molecule has 1 aromatic heterocycles. The molecule has 0 radical (unpaired) electrons. The van der Waals surface area contributed by atoms with Gasteiger partial charge in [-0.25, -0.2) is 13.4 Å². The molecule has 0 amide bonds. The van der Waals surface area contributed by atoms with Crippen molar-refractivity contribution in [3.8, 4) is 5.69 Å². The number of hydrogen-bond donors (Lipinski definition) is 1. The molecule has 0 bridgehead atoms. The Morgan fingerprint density at radius 3 is 2.56 bits per heavy atom. The maximum atomic E-state index is 12.5. The fourth-order valence-electron chi connectivity index (χ4n) is 3.52. The van der Waals surface area contributed by atoms with E-state index in [1.54, 1.807) is 23.9 Å². The molecule has 32 heavy (non-hydrogen) atoms. The number of hydrogen-bond acceptors (Lipinski definition) is 5. The van der Waals surface area contributed by atoms with Crippen molar-refractivity contribution in [1.82, 2.24) is 24.1 Å². The number of ether oxygens (including phenoxy) is 1. The van der Waals surface area contributed by atoms with Gasteiger partial charge in [0.05, 0.1) is 30.5 Å². The van der Waals surface area contributed by atoms with Crippen LogP contribution in [0.15, 0.2) is 48.0 Å². The number of nitrogens with one attached hydrogen (secondary N) is 1. The highest BCUT2D eigenvalue weighted by Crippen LogP contribution is 2.14. The van der Waals surface area contributed by atoms with E-state index in [0.717, 1.165) is 17.2 Å². The van der Waals surface area contributed by atoms with Crippen LogP contribution in [0.1, 0.15) is 19.4 Å². The average molecular weight is 577 g/mol. The minimum absolute atomic E-state index is 0. The fourth-order valence-corrected chi connectivity index (χ4v) is 4.80. The van der Waals surface area contributed by atoms with Gasteiger partial charge in [0.1, 0.15) is 0 Å². The highest BCUT2D eigenvalue weighted by molar-refractivity contribution is 14.0. The lowest BCUT2D eigenvalue weighted by Gasteiger charge is -2.36. The SMILES string of the molecule is CN=C(NCc1ccccc1-n1ccnc1)N1CCN(S(=O)(=O)CCOC(C)C)CC1.I. The molecule has 3 rings (SSSR count). The summed E-state index contributed by atoms with van der Waals surface area (Å²) in [5.74, 6) is 0.782. The molecular formula is C21H33IN6O3S. The summed E-state index contributed by atoms with van der Waals surface area (Å²) in [6.07, 6.45) is 5.48.